The van der Waals surface area contributed by atoms with Crippen LogP contribution < -0.4 is 14.8 Å². The molecule has 0 spiro atoms. The summed E-state index contributed by atoms with van der Waals surface area (Å²) >= 11 is 0. The van der Waals surface area contributed by atoms with E-state index < -0.39 is 11.9 Å². The second-order valence-corrected chi connectivity index (χ2v) is 5.11. The molecule has 0 atom stereocenters. The van der Waals surface area contributed by atoms with E-state index >= 15 is 0 Å². The minimum Gasteiger partial charge on any atom is -0.493 e. The molecule has 0 saturated heterocycles. The maximum atomic E-state index is 14.3. The summed E-state index contributed by atoms with van der Waals surface area (Å²) < 4.78 is 24.6. The third-order valence-electron chi connectivity index (χ3n) is 3.42. The van der Waals surface area contributed by atoms with Gasteiger partial charge in [-0.25, -0.2) is 9.18 Å². The molecule has 3 rings (SSSR count). The van der Waals surface area contributed by atoms with Crippen molar-refractivity contribution in [2.45, 2.75) is 0 Å². The van der Waals surface area contributed by atoms with E-state index in [4.69, 9.17) is 9.47 Å². The van der Waals surface area contributed by atoms with Crippen molar-refractivity contribution < 1.29 is 18.7 Å². The minimum atomic E-state index is -0.715. The summed E-state index contributed by atoms with van der Waals surface area (Å²) in [4.78, 5) is 16.0. The summed E-state index contributed by atoms with van der Waals surface area (Å²) in [7, 11) is 1.38. The van der Waals surface area contributed by atoms with Gasteiger partial charge in [0, 0.05) is 35.3 Å². The van der Waals surface area contributed by atoms with Gasteiger partial charge >= 0.3 is 6.09 Å². The first-order valence-electron chi connectivity index (χ1n) is 7.49. The maximum absolute atomic E-state index is 14.3. The first-order chi connectivity index (χ1) is 12.2. The van der Waals surface area contributed by atoms with Gasteiger partial charge in [0.25, 0.3) is 0 Å². The van der Waals surface area contributed by atoms with Crippen LogP contribution >= 0.6 is 0 Å². The number of carbonyl (C=O) groups excluding carboxylic acids is 1. The van der Waals surface area contributed by atoms with Gasteiger partial charge in [-0.1, -0.05) is 24.3 Å². The third-order valence-corrected chi connectivity index (χ3v) is 3.42. The first kappa shape index (κ1) is 16.4. The molecule has 0 fully saturated rings. The molecule has 3 aromatic rings. The molecule has 5 nitrogen and oxygen atoms in total. The van der Waals surface area contributed by atoms with Crippen LogP contribution in [0.3, 0.4) is 0 Å². The van der Waals surface area contributed by atoms with Crippen molar-refractivity contribution in [3.8, 4) is 22.6 Å². The SMILES string of the molecule is COc1c(F)cc(NC(=O)Oc2ccccc2)cc1-c1cccnc1. The maximum Gasteiger partial charge on any atom is 0.417 e. The largest absolute Gasteiger partial charge is 0.493 e. The highest BCUT2D eigenvalue weighted by Gasteiger charge is 2.15. The number of halogens is 1. The predicted octanol–water partition coefficient (Wildman–Crippen LogP) is 4.51. The summed E-state index contributed by atoms with van der Waals surface area (Å²) in [6.45, 7) is 0. The molecule has 1 N–H and O–H groups in total. The molecule has 0 aliphatic heterocycles. The van der Waals surface area contributed by atoms with Crippen LogP contribution in [0.4, 0.5) is 14.9 Å². The minimum absolute atomic E-state index is 0.0787. The standard InChI is InChI=1S/C19H15FN2O3/c1-24-18-16(13-6-5-9-21-12-13)10-14(11-17(18)20)22-19(23)25-15-7-3-2-4-8-15/h2-12H,1H3,(H,22,23). The van der Waals surface area contributed by atoms with Gasteiger partial charge in [0.2, 0.25) is 0 Å². The van der Waals surface area contributed by atoms with Gasteiger partial charge in [-0.2, -0.15) is 0 Å². The lowest BCUT2D eigenvalue weighted by Gasteiger charge is -2.13. The lowest BCUT2D eigenvalue weighted by molar-refractivity contribution is 0.215. The quantitative estimate of drug-likeness (QED) is 0.760. The van der Waals surface area contributed by atoms with Crippen LogP contribution in [0.25, 0.3) is 11.1 Å². The van der Waals surface area contributed by atoms with Gasteiger partial charge < -0.3 is 9.47 Å². The van der Waals surface area contributed by atoms with Crippen molar-refractivity contribution in [3.63, 3.8) is 0 Å². The number of benzene rings is 2. The third kappa shape index (κ3) is 3.92. The van der Waals surface area contributed by atoms with E-state index in [0.29, 0.717) is 16.9 Å². The lowest BCUT2D eigenvalue weighted by atomic mass is 10.1. The average molecular weight is 338 g/mol. The first-order valence-corrected chi connectivity index (χ1v) is 7.49. The van der Waals surface area contributed by atoms with Crippen molar-refractivity contribution in [2.24, 2.45) is 0 Å². The molecular formula is C19H15FN2O3. The highest BCUT2D eigenvalue weighted by atomic mass is 19.1. The number of ether oxygens (including phenoxy) is 2. The zero-order valence-corrected chi connectivity index (χ0v) is 13.4. The van der Waals surface area contributed by atoms with Crippen molar-refractivity contribution >= 4 is 11.8 Å². The van der Waals surface area contributed by atoms with Crippen LogP contribution in [0.15, 0.2) is 67.0 Å². The normalized spacial score (nSPS) is 10.2. The zero-order valence-electron chi connectivity index (χ0n) is 13.4. The number of aromatic nitrogens is 1. The number of para-hydroxylation sites is 1. The van der Waals surface area contributed by atoms with Crippen molar-refractivity contribution in [3.05, 3.63) is 72.8 Å². The van der Waals surface area contributed by atoms with Gasteiger partial charge in [0.1, 0.15) is 5.75 Å². The van der Waals surface area contributed by atoms with Gasteiger partial charge in [-0.05, 0) is 24.3 Å². The van der Waals surface area contributed by atoms with Crippen LogP contribution in [0.1, 0.15) is 0 Å². The molecule has 126 valence electrons. The number of nitrogens with zero attached hydrogens (tertiary/aromatic N) is 1. The second-order valence-electron chi connectivity index (χ2n) is 5.11. The van der Waals surface area contributed by atoms with Crippen molar-refractivity contribution in [1.29, 1.82) is 0 Å². The average Bonchev–Trinajstić information content (AvgIpc) is 2.62. The topological polar surface area (TPSA) is 60.5 Å². The Balaban J connectivity index is 1.87. The molecule has 1 amide bonds. The molecule has 0 saturated carbocycles. The van der Waals surface area contributed by atoms with Crippen LogP contribution in [-0.2, 0) is 0 Å². The molecule has 2 aromatic carbocycles. The molecule has 6 heteroatoms. The van der Waals surface area contributed by atoms with Crippen molar-refractivity contribution in [1.82, 2.24) is 4.98 Å². The number of pyridine rings is 1. The molecule has 0 bridgehead atoms. The monoisotopic (exact) mass is 338 g/mol. The molecule has 0 unspecified atom stereocenters. The fourth-order valence-corrected chi connectivity index (χ4v) is 2.35. The molecule has 25 heavy (non-hydrogen) atoms. The van der Waals surface area contributed by atoms with Gasteiger partial charge in [0.15, 0.2) is 11.6 Å². The second kappa shape index (κ2) is 7.44. The fourth-order valence-electron chi connectivity index (χ4n) is 2.35. The summed E-state index contributed by atoms with van der Waals surface area (Å²) in [5.41, 5.74) is 1.39. The zero-order chi connectivity index (χ0) is 17.6. The summed E-state index contributed by atoms with van der Waals surface area (Å²) in [5, 5.41) is 2.52. The molecular weight excluding hydrogens is 323 g/mol. The van der Waals surface area contributed by atoms with Crippen LogP contribution in [-0.4, -0.2) is 18.2 Å². The van der Waals surface area contributed by atoms with Crippen LogP contribution in [0.2, 0.25) is 0 Å². The Bertz CT molecular complexity index is 871. The Morgan fingerprint density at radius 2 is 1.92 bits per heavy atom. The predicted molar refractivity (Wildman–Crippen MR) is 92.3 cm³/mol. The van der Waals surface area contributed by atoms with Gasteiger partial charge in [-0.3, -0.25) is 10.3 Å². The Hall–Kier alpha value is -3.41. The summed E-state index contributed by atoms with van der Waals surface area (Å²) in [5.74, 6) is -0.129. The molecule has 0 aliphatic rings. The molecule has 0 radical (unpaired) electrons. The van der Waals surface area contributed by atoms with E-state index in [-0.39, 0.29) is 11.4 Å². The lowest BCUT2D eigenvalue weighted by Crippen LogP contribution is -2.17. The van der Waals surface area contributed by atoms with E-state index in [0.717, 1.165) is 0 Å². The number of hydrogen-bond donors (Lipinski definition) is 1. The Morgan fingerprint density at radius 1 is 1.12 bits per heavy atom. The summed E-state index contributed by atoms with van der Waals surface area (Å²) in [6.07, 6.45) is 2.49. The molecule has 0 aliphatic carbocycles. The van der Waals surface area contributed by atoms with E-state index in [2.05, 4.69) is 10.3 Å². The van der Waals surface area contributed by atoms with Gasteiger partial charge in [-0.15, -0.1) is 0 Å². The van der Waals surface area contributed by atoms with Crippen molar-refractivity contribution in [2.75, 3.05) is 12.4 Å². The number of rotatable bonds is 4. The van der Waals surface area contributed by atoms with E-state index in [9.17, 15) is 9.18 Å². The molecule has 1 heterocycles. The number of hydrogen-bond acceptors (Lipinski definition) is 4. The summed E-state index contributed by atoms with van der Waals surface area (Å²) in [6, 6.07) is 14.9. The van der Waals surface area contributed by atoms with E-state index in [1.165, 1.54) is 13.2 Å². The Morgan fingerprint density at radius 3 is 2.60 bits per heavy atom. The number of carbonyl (C=O) groups is 1. The smallest absolute Gasteiger partial charge is 0.417 e. The van der Waals surface area contributed by atoms with E-state index in [1.54, 1.807) is 54.9 Å². The number of anilines is 1. The number of methoxy groups -OCH3 is 1. The highest BCUT2D eigenvalue weighted by molar-refractivity contribution is 5.88. The van der Waals surface area contributed by atoms with Gasteiger partial charge in [0.05, 0.1) is 7.11 Å². The highest BCUT2D eigenvalue weighted by Crippen LogP contribution is 2.35. The fraction of sp³-hybridized carbons (Fsp3) is 0.0526. The van der Waals surface area contributed by atoms with Crippen LogP contribution in [0, 0.1) is 5.82 Å². The number of amides is 1. The van der Waals surface area contributed by atoms with Crippen LogP contribution in [0.5, 0.6) is 11.5 Å². The Labute approximate surface area is 144 Å². The Kier molecular flexibility index (Phi) is 4.89. The number of nitrogens with one attached hydrogen (secondary N) is 1. The van der Waals surface area contributed by atoms with E-state index in [1.807, 2.05) is 6.07 Å². The molecule has 1 aromatic heterocycles.